The second kappa shape index (κ2) is 9.00. The molecule has 5 nitrogen and oxygen atoms in total. The predicted octanol–water partition coefficient (Wildman–Crippen LogP) is 4.15. The van der Waals surface area contributed by atoms with Gasteiger partial charge in [-0.15, -0.1) is 0 Å². The van der Waals surface area contributed by atoms with Gasteiger partial charge >= 0.3 is 6.18 Å². The van der Waals surface area contributed by atoms with Gasteiger partial charge in [-0.2, -0.15) is 13.2 Å². The Morgan fingerprint density at radius 3 is 2.62 bits per heavy atom. The van der Waals surface area contributed by atoms with Crippen molar-refractivity contribution in [3.63, 3.8) is 0 Å². The number of hydrogen-bond acceptors (Lipinski definition) is 4. The molecule has 1 aliphatic heterocycles. The van der Waals surface area contributed by atoms with Gasteiger partial charge in [0.15, 0.2) is 0 Å². The van der Waals surface area contributed by atoms with Gasteiger partial charge in [0.05, 0.1) is 18.5 Å². The van der Waals surface area contributed by atoms with Crippen LogP contribution in [0.15, 0.2) is 67.0 Å². The summed E-state index contributed by atoms with van der Waals surface area (Å²) < 4.78 is 44.7. The summed E-state index contributed by atoms with van der Waals surface area (Å²) in [5, 5.41) is 10.7. The van der Waals surface area contributed by atoms with Crippen LogP contribution >= 0.6 is 0 Å². The normalized spacial score (nSPS) is 14.8. The smallest absolute Gasteiger partial charge is 0.416 e. The van der Waals surface area contributed by atoms with Crippen LogP contribution in [0.1, 0.15) is 33.9 Å². The highest BCUT2D eigenvalue weighted by Gasteiger charge is 2.30. The van der Waals surface area contributed by atoms with E-state index in [-0.39, 0.29) is 25.5 Å². The van der Waals surface area contributed by atoms with E-state index >= 15 is 0 Å². The first kappa shape index (κ1) is 21.8. The molecule has 0 fully saturated rings. The van der Waals surface area contributed by atoms with Gasteiger partial charge in [0.1, 0.15) is 18.5 Å². The molecule has 2 aromatic carbocycles. The molecule has 0 saturated carbocycles. The lowest BCUT2D eigenvalue weighted by molar-refractivity contribution is -0.138. The summed E-state index contributed by atoms with van der Waals surface area (Å²) in [6.45, 7) is 0.826. The number of aliphatic hydroxyl groups is 1. The Morgan fingerprint density at radius 2 is 1.88 bits per heavy atom. The highest BCUT2D eigenvalue weighted by Crippen LogP contribution is 2.31. The highest BCUT2D eigenvalue weighted by atomic mass is 19.4. The Bertz CT molecular complexity index is 1100. The molecule has 3 aromatic rings. The van der Waals surface area contributed by atoms with E-state index in [9.17, 15) is 23.1 Å². The van der Waals surface area contributed by atoms with Crippen molar-refractivity contribution in [1.29, 1.82) is 0 Å². The summed E-state index contributed by atoms with van der Waals surface area (Å²) in [5.41, 5.74) is 1.59. The molecule has 1 atom stereocenters. The maximum absolute atomic E-state index is 13.0. The molecule has 32 heavy (non-hydrogen) atoms. The molecule has 2 heterocycles. The summed E-state index contributed by atoms with van der Waals surface area (Å²) >= 11 is 0. The third-order valence-corrected chi connectivity index (χ3v) is 5.36. The van der Waals surface area contributed by atoms with Crippen LogP contribution in [0.4, 0.5) is 13.2 Å². The van der Waals surface area contributed by atoms with Gasteiger partial charge in [0, 0.05) is 24.5 Å². The van der Waals surface area contributed by atoms with Crippen LogP contribution in [0, 0.1) is 0 Å². The highest BCUT2D eigenvalue weighted by molar-refractivity contribution is 5.79. The monoisotopic (exact) mass is 442 g/mol. The second-order valence-electron chi connectivity index (χ2n) is 7.59. The Balaban J connectivity index is 1.52. The van der Waals surface area contributed by atoms with Crippen LogP contribution in [0.3, 0.4) is 0 Å². The number of aromatic nitrogens is 1. The summed E-state index contributed by atoms with van der Waals surface area (Å²) in [7, 11) is 0. The fourth-order valence-electron chi connectivity index (χ4n) is 3.68. The minimum Gasteiger partial charge on any atom is -0.491 e. The van der Waals surface area contributed by atoms with Gasteiger partial charge < -0.3 is 14.7 Å². The van der Waals surface area contributed by atoms with Gasteiger partial charge in [-0.05, 0) is 47.0 Å². The molecule has 166 valence electrons. The molecule has 0 spiro atoms. The van der Waals surface area contributed by atoms with E-state index in [2.05, 4.69) is 4.98 Å². The van der Waals surface area contributed by atoms with E-state index in [0.29, 0.717) is 29.0 Å². The fraction of sp³-hybridized carbons (Fsp3) is 0.250. The van der Waals surface area contributed by atoms with Crippen molar-refractivity contribution < 1.29 is 27.8 Å². The number of pyridine rings is 1. The summed E-state index contributed by atoms with van der Waals surface area (Å²) in [6.07, 6.45) is -2.27. The average molecular weight is 442 g/mol. The SMILES string of the molecule is O=C(Cc1cccc(C(F)(F)F)c1)N1CCOc2ccc(C(O)c3ccncc3)cc2C1. The molecule has 0 aliphatic carbocycles. The van der Waals surface area contributed by atoms with Gasteiger partial charge in [-0.25, -0.2) is 0 Å². The van der Waals surface area contributed by atoms with Crippen molar-refractivity contribution in [3.05, 3.63) is 94.8 Å². The first-order valence-corrected chi connectivity index (χ1v) is 10.1. The second-order valence-corrected chi connectivity index (χ2v) is 7.59. The lowest BCUT2D eigenvalue weighted by atomic mass is 9.99. The molecule has 1 unspecified atom stereocenters. The number of carbonyl (C=O) groups excluding carboxylic acids is 1. The quantitative estimate of drug-likeness (QED) is 0.660. The van der Waals surface area contributed by atoms with E-state index in [1.165, 1.54) is 12.1 Å². The zero-order valence-corrected chi connectivity index (χ0v) is 17.0. The van der Waals surface area contributed by atoms with Crippen LogP contribution in [-0.2, 0) is 23.9 Å². The molecule has 0 radical (unpaired) electrons. The maximum atomic E-state index is 13.0. The van der Waals surface area contributed by atoms with E-state index in [4.69, 9.17) is 4.74 Å². The van der Waals surface area contributed by atoms with Crippen LogP contribution < -0.4 is 4.74 Å². The van der Waals surface area contributed by atoms with Gasteiger partial charge in [0.25, 0.3) is 0 Å². The Morgan fingerprint density at radius 1 is 1.09 bits per heavy atom. The van der Waals surface area contributed by atoms with Crippen LogP contribution in [0.2, 0.25) is 0 Å². The zero-order chi connectivity index (χ0) is 22.7. The number of alkyl halides is 3. The number of amides is 1. The van der Waals surface area contributed by atoms with Crippen molar-refractivity contribution in [3.8, 4) is 5.75 Å². The molecule has 1 amide bonds. The fourth-order valence-corrected chi connectivity index (χ4v) is 3.68. The van der Waals surface area contributed by atoms with E-state index < -0.39 is 17.8 Å². The van der Waals surface area contributed by atoms with E-state index in [1.807, 2.05) is 0 Å². The minimum atomic E-state index is -4.46. The van der Waals surface area contributed by atoms with Gasteiger partial charge in [0.2, 0.25) is 5.91 Å². The molecule has 0 bridgehead atoms. The van der Waals surface area contributed by atoms with Crippen molar-refractivity contribution in [2.75, 3.05) is 13.2 Å². The summed E-state index contributed by atoms with van der Waals surface area (Å²) in [5.74, 6) is 0.325. The standard InChI is InChI=1S/C24H21F3N2O3/c25-24(26,27)20-3-1-2-16(12-20)13-22(30)29-10-11-32-21-5-4-18(14-19(21)15-29)23(31)17-6-8-28-9-7-17/h1-9,12,14,23,31H,10-11,13,15H2. The van der Waals surface area contributed by atoms with Crippen molar-refractivity contribution >= 4 is 5.91 Å². The number of aliphatic hydroxyl groups excluding tert-OH is 1. The molecule has 0 saturated heterocycles. The number of hydrogen-bond donors (Lipinski definition) is 1. The number of carbonyl (C=O) groups is 1. The largest absolute Gasteiger partial charge is 0.491 e. The minimum absolute atomic E-state index is 0.140. The summed E-state index contributed by atoms with van der Waals surface area (Å²) in [4.78, 5) is 18.4. The molecule has 4 rings (SSSR count). The molecule has 1 aromatic heterocycles. The molecule has 1 N–H and O–H groups in total. The first-order valence-electron chi connectivity index (χ1n) is 10.1. The average Bonchev–Trinajstić information content (AvgIpc) is 3.01. The lowest BCUT2D eigenvalue weighted by Gasteiger charge is -2.21. The topological polar surface area (TPSA) is 62.7 Å². The molecular weight excluding hydrogens is 421 g/mol. The number of fused-ring (bicyclic) bond motifs is 1. The van der Waals surface area contributed by atoms with E-state index in [1.54, 1.807) is 47.6 Å². The molecule has 8 heteroatoms. The number of nitrogens with zero attached hydrogens (tertiary/aromatic N) is 2. The van der Waals surface area contributed by atoms with Gasteiger partial charge in [-0.1, -0.05) is 24.3 Å². The number of benzene rings is 2. The summed E-state index contributed by atoms with van der Waals surface area (Å²) in [6, 6.07) is 13.6. The number of rotatable bonds is 4. The van der Waals surface area contributed by atoms with Crippen molar-refractivity contribution in [2.24, 2.45) is 0 Å². The number of halogens is 3. The van der Waals surface area contributed by atoms with E-state index in [0.717, 1.165) is 17.7 Å². The van der Waals surface area contributed by atoms with Crippen LogP contribution in [0.5, 0.6) is 5.75 Å². The predicted molar refractivity (Wildman–Crippen MR) is 111 cm³/mol. The molecule has 1 aliphatic rings. The Hall–Kier alpha value is -3.39. The Kier molecular flexibility index (Phi) is 6.14. The third kappa shape index (κ3) is 4.91. The first-order chi connectivity index (χ1) is 15.3. The van der Waals surface area contributed by atoms with Crippen LogP contribution in [0.25, 0.3) is 0 Å². The van der Waals surface area contributed by atoms with Gasteiger partial charge in [-0.3, -0.25) is 9.78 Å². The Labute approximate surface area is 183 Å². The zero-order valence-electron chi connectivity index (χ0n) is 17.0. The lowest BCUT2D eigenvalue weighted by Crippen LogP contribution is -2.33. The van der Waals surface area contributed by atoms with Crippen molar-refractivity contribution in [1.82, 2.24) is 9.88 Å². The molecular formula is C24H21F3N2O3. The third-order valence-electron chi connectivity index (χ3n) is 5.36. The van der Waals surface area contributed by atoms with Crippen LogP contribution in [-0.4, -0.2) is 34.0 Å². The maximum Gasteiger partial charge on any atom is 0.416 e. The van der Waals surface area contributed by atoms with Crippen molar-refractivity contribution in [2.45, 2.75) is 25.2 Å². The number of ether oxygens (including phenoxy) is 1.